The summed E-state index contributed by atoms with van der Waals surface area (Å²) in [6.07, 6.45) is 0.742. The molecule has 0 saturated heterocycles. The second-order valence-corrected chi connectivity index (χ2v) is 9.96. The van der Waals surface area contributed by atoms with Crippen LogP contribution in [0.2, 0.25) is 0 Å². The van der Waals surface area contributed by atoms with Gasteiger partial charge >= 0.3 is 0 Å². The van der Waals surface area contributed by atoms with E-state index in [2.05, 4.69) is 13.8 Å². The predicted octanol–water partition coefficient (Wildman–Crippen LogP) is 4.43. The minimum absolute atomic E-state index is 0.292. The number of hydrogen-bond acceptors (Lipinski definition) is 6. The topological polar surface area (TPSA) is 68.2 Å². The van der Waals surface area contributed by atoms with E-state index in [-0.39, 0.29) is 0 Å². The van der Waals surface area contributed by atoms with Crippen molar-refractivity contribution in [2.24, 2.45) is 5.92 Å². The van der Waals surface area contributed by atoms with E-state index in [0.29, 0.717) is 34.9 Å². The molecule has 0 amide bonds. The number of rotatable bonds is 10. The average molecular weight is 421 g/mol. The molecule has 160 valence electrons. The summed E-state index contributed by atoms with van der Waals surface area (Å²) < 4.78 is 30.6. The fourth-order valence-corrected chi connectivity index (χ4v) is 4.98. The first-order valence-corrected chi connectivity index (χ1v) is 11.3. The first-order chi connectivity index (χ1) is 13.7. The van der Waals surface area contributed by atoms with Gasteiger partial charge in [0.05, 0.1) is 20.8 Å². The highest BCUT2D eigenvalue weighted by Crippen LogP contribution is 2.59. The second-order valence-electron chi connectivity index (χ2n) is 7.51. The maximum atomic E-state index is 14.0. The van der Waals surface area contributed by atoms with Crippen molar-refractivity contribution >= 4 is 18.4 Å². The molecule has 0 aromatic heterocycles. The summed E-state index contributed by atoms with van der Waals surface area (Å²) in [6, 6.07) is 12.3. The molecule has 0 fully saturated rings. The Morgan fingerprint density at radius 3 is 2.21 bits per heavy atom. The van der Waals surface area contributed by atoms with Crippen molar-refractivity contribution in [3.8, 4) is 11.5 Å². The molecule has 2 atom stereocenters. The molecule has 2 rings (SSSR count). The van der Waals surface area contributed by atoms with Gasteiger partial charge in [0.1, 0.15) is 11.5 Å². The standard InChI is InChI=1S/C22H32NO5P/c1-16(2)13-14-28-29(25,19-10-7-17(8-11-19)23(3)4)22(24)20-12-9-18(26-5)15-21(20)27-6/h7-12,15-16,22,24H,13-14H2,1-6H3/t22-,29+/m0/s1. The predicted molar refractivity (Wildman–Crippen MR) is 118 cm³/mol. The number of ether oxygens (including phenoxy) is 2. The van der Waals surface area contributed by atoms with Crippen LogP contribution in [-0.2, 0) is 9.09 Å². The number of aliphatic hydroxyl groups is 1. The van der Waals surface area contributed by atoms with Crippen LogP contribution in [0.5, 0.6) is 11.5 Å². The summed E-state index contributed by atoms with van der Waals surface area (Å²) >= 11 is 0. The SMILES string of the molecule is COc1ccc([C@@H](O)[P@](=O)(OCCC(C)C)c2ccc(N(C)C)cc2)c(OC)c1. The zero-order valence-corrected chi connectivity index (χ0v) is 19.0. The van der Waals surface area contributed by atoms with Crippen LogP contribution in [-0.4, -0.2) is 40.0 Å². The zero-order valence-electron chi connectivity index (χ0n) is 18.1. The molecule has 1 N–H and O–H groups in total. The zero-order chi connectivity index (χ0) is 21.6. The fraction of sp³-hybridized carbons (Fsp3) is 0.455. The lowest BCUT2D eigenvalue weighted by Gasteiger charge is -2.26. The normalized spacial score (nSPS) is 14.3. The van der Waals surface area contributed by atoms with E-state index >= 15 is 0 Å². The Labute approximate surface area is 173 Å². The molecule has 0 bridgehead atoms. The lowest BCUT2D eigenvalue weighted by molar-refractivity contribution is 0.205. The number of nitrogens with zero attached hydrogens (tertiary/aromatic N) is 1. The second kappa shape index (κ2) is 10.1. The molecular formula is C22H32NO5P. The quantitative estimate of drug-likeness (QED) is 0.573. The van der Waals surface area contributed by atoms with Crippen LogP contribution in [0.4, 0.5) is 5.69 Å². The summed E-state index contributed by atoms with van der Waals surface area (Å²) in [5.41, 5.74) is 1.37. The lowest BCUT2D eigenvalue weighted by atomic mass is 10.2. The number of aliphatic hydroxyl groups excluding tert-OH is 1. The number of hydrogen-bond donors (Lipinski definition) is 1. The molecule has 0 spiro atoms. The molecule has 0 unspecified atom stereocenters. The number of benzene rings is 2. The molecule has 0 aliphatic rings. The third kappa shape index (κ3) is 5.53. The minimum atomic E-state index is -3.64. The Bertz CT molecular complexity index is 836. The van der Waals surface area contributed by atoms with Gasteiger partial charge in [-0.15, -0.1) is 0 Å². The average Bonchev–Trinajstić information content (AvgIpc) is 2.72. The van der Waals surface area contributed by atoms with Gasteiger partial charge in [-0.1, -0.05) is 13.8 Å². The van der Waals surface area contributed by atoms with Gasteiger partial charge in [0, 0.05) is 36.7 Å². The van der Waals surface area contributed by atoms with Crippen LogP contribution in [0.1, 0.15) is 31.7 Å². The first kappa shape index (κ1) is 23.3. The molecule has 0 heterocycles. The van der Waals surface area contributed by atoms with E-state index in [4.69, 9.17) is 14.0 Å². The van der Waals surface area contributed by atoms with Gasteiger partial charge in [-0.05, 0) is 48.7 Å². The van der Waals surface area contributed by atoms with Crippen molar-refractivity contribution < 1.29 is 23.7 Å². The monoisotopic (exact) mass is 421 g/mol. The van der Waals surface area contributed by atoms with E-state index in [1.807, 2.05) is 31.1 Å². The lowest BCUT2D eigenvalue weighted by Crippen LogP contribution is -2.17. The van der Waals surface area contributed by atoms with Gasteiger partial charge in [0.2, 0.25) is 0 Å². The van der Waals surface area contributed by atoms with Gasteiger partial charge in [-0.25, -0.2) is 0 Å². The highest BCUT2D eigenvalue weighted by atomic mass is 31.2. The van der Waals surface area contributed by atoms with Crippen molar-refractivity contribution in [1.82, 2.24) is 0 Å². The van der Waals surface area contributed by atoms with E-state index in [9.17, 15) is 9.67 Å². The molecule has 0 aliphatic heterocycles. The van der Waals surface area contributed by atoms with E-state index in [1.165, 1.54) is 7.11 Å². The van der Waals surface area contributed by atoms with Gasteiger partial charge < -0.3 is 24.0 Å². The Hall–Kier alpha value is -2.01. The minimum Gasteiger partial charge on any atom is -0.497 e. The summed E-state index contributed by atoms with van der Waals surface area (Å²) in [6.45, 7) is 4.44. The van der Waals surface area contributed by atoms with Crippen LogP contribution in [0.15, 0.2) is 42.5 Å². The third-order valence-corrected chi connectivity index (χ3v) is 7.25. The first-order valence-electron chi connectivity index (χ1n) is 9.65. The maximum Gasteiger partial charge on any atom is 0.264 e. The number of anilines is 1. The molecule has 2 aromatic rings. The smallest absolute Gasteiger partial charge is 0.264 e. The van der Waals surface area contributed by atoms with Gasteiger partial charge in [0.15, 0.2) is 5.85 Å². The van der Waals surface area contributed by atoms with E-state index in [0.717, 1.165) is 12.1 Å². The summed E-state index contributed by atoms with van der Waals surface area (Å²) in [5, 5.41) is 11.7. The van der Waals surface area contributed by atoms with Crippen LogP contribution >= 0.6 is 7.37 Å². The summed E-state index contributed by atoms with van der Waals surface area (Å²) in [4.78, 5) is 1.96. The fourth-order valence-electron chi connectivity index (χ4n) is 2.88. The van der Waals surface area contributed by atoms with Crippen LogP contribution in [0.25, 0.3) is 0 Å². The molecule has 7 heteroatoms. The highest BCUT2D eigenvalue weighted by molar-refractivity contribution is 7.67. The van der Waals surface area contributed by atoms with Crippen molar-refractivity contribution in [3.05, 3.63) is 48.0 Å². The van der Waals surface area contributed by atoms with Crippen molar-refractivity contribution in [3.63, 3.8) is 0 Å². The molecule has 6 nitrogen and oxygen atoms in total. The van der Waals surface area contributed by atoms with Crippen molar-refractivity contribution in [2.75, 3.05) is 39.8 Å². The Morgan fingerprint density at radius 2 is 1.69 bits per heavy atom. The van der Waals surface area contributed by atoms with E-state index < -0.39 is 13.2 Å². The Balaban J connectivity index is 2.47. The largest absolute Gasteiger partial charge is 0.497 e. The molecule has 0 radical (unpaired) electrons. The van der Waals surface area contributed by atoms with Crippen LogP contribution in [0.3, 0.4) is 0 Å². The van der Waals surface area contributed by atoms with Crippen LogP contribution in [0, 0.1) is 5.92 Å². The highest BCUT2D eigenvalue weighted by Gasteiger charge is 2.38. The molecule has 0 aliphatic carbocycles. The Kier molecular flexibility index (Phi) is 8.14. The van der Waals surface area contributed by atoms with Gasteiger partial charge in [-0.3, -0.25) is 4.57 Å². The third-order valence-electron chi connectivity index (χ3n) is 4.75. The molecular weight excluding hydrogens is 389 g/mol. The molecule has 29 heavy (non-hydrogen) atoms. The summed E-state index contributed by atoms with van der Waals surface area (Å²) in [5.74, 6) is 0.0195. The van der Waals surface area contributed by atoms with Gasteiger partial charge in [-0.2, -0.15) is 0 Å². The van der Waals surface area contributed by atoms with E-state index in [1.54, 1.807) is 37.4 Å². The van der Waals surface area contributed by atoms with Crippen molar-refractivity contribution in [1.29, 1.82) is 0 Å². The number of methoxy groups -OCH3 is 2. The molecule has 0 saturated carbocycles. The Morgan fingerprint density at radius 1 is 1.03 bits per heavy atom. The summed E-state index contributed by atoms with van der Waals surface area (Å²) in [7, 11) is 3.29. The van der Waals surface area contributed by atoms with Gasteiger partial charge in [0.25, 0.3) is 7.37 Å². The van der Waals surface area contributed by atoms with Crippen molar-refractivity contribution in [2.45, 2.75) is 26.1 Å². The molecule has 2 aromatic carbocycles. The van der Waals surface area contributed by atoms with Crippen LogP contribution < -0.4 is 19.7 Å². The maximum absolute atomic E-state index is 14.0.